The second kappa shape index (κ2) is 5.50. The molecule has 1 fully saturated rings. The maximum absolute atomic E-state index is 12.4. The molecule has 0 spiro atoms. The van der Waals surface area contributed by atoms with Gasteiger partial charge in [0.15, 0.2) is 5.78 Å². The molecule has 1 aliphatic carbocycles. The van der Waals surface area contributed by atoms with Crippen molar-refractivity contribution in [2.75, 3.05) is 7.11 Å². The van der Waals surface area contributed by atoms with E-state index >= 15 is 0 Å². The van der Waals surface area contributed by atoms with E-state index in [4.69, 9.17) is 27.9 Å². The highest BCUT2D eigenvalue weighted by Crippen LogP contribution is 2.37. The molecule has 4 heteroatoms. The molecular weight excluding hydrogens is 271 g/mol. The molecule has 18 heavy (non-hydrogen) atoms. The summed E-state index contributed by atoms with van der Waals surface area (Å²) in [4.78, 5) is 12.4. The van der Waals surface area contributed by atoms with Crippen molar-refractivity contribution in [3.8, 4) is 5.75 Å². The van der Waals surface area contributed by atoms with Crippen LogP contribution >= 0.6 is 23.2 Å². The number of rotatable bonds is 3. The molecule has 0 heterocycles. The molecule has 1 aromatic carbocycles. The lowest BCUT2D eigenvalue weighted by Gasteiger charge is -2.15. The molecule has 98 valence electrons. The largest absolute Gasteiger partial charge is 0.495 e. The Morgan fingerprint density at radius 3 is 2.56 bits per heavy atom. The number of carbonyl (C=O) groups excluding carboxylic acids is 1. The molecule has 2 atom stereocenters. The number of hydrogen-bond acceptors (Lipinski definition) is 2. The van der Waals surface area contributed by atoms with Gasteiger partial charge in [-0.3, -0.25) is 4.79 Å². The minimum Gasteiger partial charge on any atom is -0.495 e. The van der Waals surface area contributed by atoms with E-state index in [9.17, 15) is 4.79 Å². The van der Waals surface area contributed by atoms with Crippen LogP contribution in [0.5, 0.6) is 5.75 Å². The maximum atomic E-state index is 12.4. The zero-order chi connectivity index (χ0) is 13.3. The van der Waals surface area contributed by atoms with Gasteiger partial charge in [0.05, 0.1) is 17.2 Å². The fourth-order valence-corrected chi connectivity index (χ4v) is 3.10. The van der Waals surface area contributed by atoms with Gasteiger partial charge in [0.2, 0.25) is 0 Å². The first-order chi connectivity index (χ1) is 8.54. The summed E-state index contributed by atoms with van der Waals surface area (Å²) in [5, 5.41) is 0.844. The second-order valence-corrected chi connectivity index (χ2v) is 5.66. The molecule has 0 aromatic heterocycles. The molecular formula is C14H16Cl2O2. The van der Waals surface area contributed by atoms with E-state index in [1.54, 1.807) is 12.1 Å². The molecule has 0 N–H and O–H groups in total. The summed E-state index contributed by atoms with van der Waals surface area (Å²) >= 11 is 12.2. The quantitative estimate of drug-likeness (QED) is 0.758. The van der Waals surface area contributed by atoms with Crippen molar-refractivity contribution in [2.45, 2.75) is 26.2 Å². The fourth-order valence-electron chi connectivity index (χ4n) is 2.61. The number of methoxy groups -OCH3 is 1. The summed E-state index contributed by atoms with van der Waals surface area (Å²) < 4.78 is 5.08. The minimum atomic E-state index is 0.0759. The van der Waals surface area contributed by atoms with Gasteiger partial charge < -0.3 is 4.74 Å². The highest BCUT2D eigenvalue weighted by atomic mass is 35.5. The molecule has 2 unspecified atom stereocenters. The number of Topliss-reactive ketones (excluding diaryl/α,β-unsaturated/α-hetero) is 1. The Morgan fingerprint density at radius 2 is 2.00 bits per heavy atom. The summed E-state index contributed by atoms with van der Waals surface area (Å²) in [6, 6.07) is 3.23. The van der Waals surface area contributed by atoms with Crippen molar-refractivity contribution in [3.05, 3.63) is 27.7 Å². The van der Waals surface area contributed by atoms with Crippen LogP contribution in [-0.4, -0.2) is 12.9 Å². The Balaban J connectivity index is 2.33. The van der Waals surface area contributed by atoms with Gasteiger partial charge in [-0.25, -0.2) is 0 Å². The third kappa shape index (κ3) is 2.50. The molecule has 1 aliphatic rings. The molecule has 0 aliphatic heterocycles. The van der Waals surface area contributed by atoms with Gasteiger partial charge >= 0.3 is 0 Å². The number of hydrogen-bond donors (Lipinski definition) is 0. The lowest BCUT2D eigenvalue weighted by molar-refractivity contribution is 0.0897. The Morgan fingerprint density at radius 1 is 1.28 bits per heavy atom. The Hall–Kier alpha value is -0.730. The molecule has 0 saturated heterocycles. The summed E-state index contributed by atoms with van der Waals surface area (Å²) in [7, 11) is 1.53. The Labute approximate surface area is 117 Å². The van der Waals surface area contributed by atoms with Gasteiger partial charge in [-0.15, -0.1) is 0 Å². The van der Waals surface area contributed by atoms with Crippen molar-refractivity contribution in [2.24, 2.45) is 11.8 Å². The Bertz CT molecular complexity index is 471. The van der Waals surface area contributed by atoms with Crippen LogP contribution in [0.25, 0.3) is 0 Å². The van der Waals surface area contributed by atoms with Gasteiger partial charge in [-0.1, -0.05) is 36.5 Å². The maximum Gasteiger partial charge on any atom is 0.167 e. The van der Waals surface area contributed by atoms with Crippen molar-refractivity contribution in [1.29, 1.82) is 0 Å². The van der Waals surface area contributed by atoms with E-state index in [1.165, 1.54) is 7.11 Å². The predicted octanol–water partition coefficient (Wildman–Crippen LogP) is 4.62. The lowest BCUT2D eigenvalue weighted by Crippen LogP contribution is -2.17. The van der Waals surface area contributed by atoms with E-state index in [1.807, 2.05) is 0 Å². The topological polar surface area (TPSA) is 26.3 Å². The third-order valence-electron chi connectivity index (χ3n) is 3.71. The monoisotopic (exact) mass is 286 g/mol. The molecule has 0 bridgehead atoms. The SMILES string of the molecule is COc1cc(Cl)c(C(=O)C2CCCC2C)cc1Cl. The Kier molecular flexibility index (Phi) is 4.18. The van der Waals surface area contributed by atoms with Crippen LogP contribution < -0.4 is 4.74 Å². The minimum absolute atomic E-state index is 0.0759. The van der Waals surface area contributed by atoms with E-state index in [0.29, 0.717) is 27.3 Å². The van der Waals surface area contributed by atoms with E-state index in [2.05, 4.69) is 6.92 Å². The average molecular weight is 287 g/mol. The first-order valence-corrected chi connectivity index (χ1v) is 6.87. The van der Waals surface area contributed by atoms with Crippen LogP contribution in [-0.2, 0) is 0 Å². The molecule has 2 nitrogen and oxygen atoms in total. The average Bonchev–Trinajstić information content (AvgIpc) is 2.77. The predicted molar refractivity (Wildman–Crippen MR) is 73.8 cm³/mol. The third-order valence-corrected chi connectivity index (χ3v) is 4.31. The summed E-state index contributed by atoms with van der Waals surface area (Å²) in [5.41, 5.74) is 0.515. The smallest absolute Gasteiger partial charge is 0.167 e. The van der Waals surface area contributed by atoms with Crippen molar-refractivity contribution >= 4 is 29.0 Å². The van der Waals surface area contributed by atoms with Crippen LogP contribution in [0.4, 0.5) is 0 Å². The first-order valence-electron chi connectivity index (χ1n) is 6.12. The number of ketones is 1. The normalized spacial score (nSPS) is 23.1. The number of halogens is 2. The molecule has 2 rings (SSSR count). The number of benzene rings is 1. The van der Waals surface area contributed by atoms with Crippen LogP contribution in [0.3, 0.4) is 0 Å². The summed E-state index contributed by atoms with van der Waals surface area (Å²) in [6.45, 7) is 2.12. The second-order valence-electron chi connectivity index (χ2n) is 4.85. The zero-order valence-corrected chi connectivity index (χ0v) is 12.0. The van der Waals surface area contributed by atoms with E-state index in [-0.39, 0.29) is 11.7 Å². The molecule has 1 aromatic rings. The highest BCUT2D eigenvalue weighted by molar-refractivity contribution is 6.36. The number of ether oxygens (including phenoxy) is 1. The van der Waals surface area contributed by atoms with Crippen LogP contribution in [0.2, 0.25) is 10.0 Å². The van der Waals surface area contributed by atoms with E-state index in [0.717, 1.165) is 19.3 Å². The van der Waals surface area contributed by atoms with Crippen LogP contribution in [0.1, 0.15) is 36.5 Å². The van der Waals surface area contributed by atoms with Crippen molar-refractivity contribution in [1.82, 2.24) is 0 Å². The first kappa shape index (κ1) is 13.7. The van der Waals surface area contributed by atoms with Crippen LogP contribution in [0, 0.1) is 11.8 Å². The van der Waals surface area contributed by atoms with Crippen molar-refractivity contribution in [3.63, 3.8) is 0 Å². The van der Waals surface area contributed by atoms with Gasteiger partial charge in [0.25, 0.3) is 0 Å². The van der Waals surface area contributed by atoms with Gasteiger partial charge in [0, 0.05) is 17.5 Å². The van der Waals surface area contributed by atoms with Crippen molar-refractivity contribution < 1.29 is 9.53 Å². The molecule has 0 radical (unpaired) electrons. The lowest BCUT2D eigenvalue weighted by atomic mass is 9.89. The van der Waals surface area contributed by atoms with Gasteiger partial charge in [-0.2, -0.15) is 0 Å². The van der Waals surface area contributed by atoms with Crippen LogP contribution in [0.15, 0.2) is 12.1 Å². The van der Waals surface area contributed by atoms with E-state index < -0.39 is 0 Å². The standard InChI is InChI=1S/C14H16Cl2O2/c1-8-4-3-5-9(8)14(17)10-6-12(16)13(18-2)7-11(10)15/h6-9H,3-5H2,1-2H3. The summed E-state index contributed by atoms with van der Waals surface area (Å²) in [6.07, 6.45) is 3.16. The molecule has 0 amide bonds. The van der Waals surface area contributed by atoms with Gasteiger partial charge in [-0.05, 0) is 24.8 Å². The van der Waals surface area contributed by atoms with Gasteiger partial charge in [0.1, 0.15) is 5.75 Å². The highest BCUT2D eigenvalue weighted by Gasteiger charge is 2.31. The summed E-state index contributed by atoms with van der Waals surface area (Å²) in [5.74, 6) is 1.11. The fraction of sp³-hybridized carbons (Fsp3) is 0.500. The number of carbonyl (C=O) groups is 1. The molecule has 1 saturated carbocycles. The zero-order valence-electron chi connectivity index (χ0n) is 10.5.